The van der Waals surface area contributed by atoms with E-state index in [1.165, 1.54) is 122 Å². The van der Waals surface area contributed by atoms with Crippen molar-refractivity contribution in [3.05, 3.63) is 85.1 Å². The van der Waals surface area contributed by atoms with E-state index >= 15 is 0 Å². The van der Waals surface area contributed by atoms with E-state index in [1.54, 1.807) is 0 Å². The number of phosphoric ester groups is 1. The Hall–Kier alpha value is -2.81. The summed E-state index contributed by atoms with van der Waals surface area (Å²) in [5, 5.41) is 3.02. The van der Waals surface area contributed by atoms with E-state index in [0.717, 1.165) is 122 Å². The fraction of sp³-hybridized carbons (Fsp3) is 0.761. The van der Waals surface area contributed by atoms with E-state index in [4.69, 9.17) is 13.8 Å². The van der Waals surface area contributed by atoms with Crippen molar-refractivity contribution in [3.8, 4) is 0 Å². The van der Waals surface area contributed by atoms with Crippen LogP contribution in [0.25, 0.3) is 0 Å². The number of esters is 1. The highest BCUT2D eigenvalue weighted by molar-refractivity contribution is 7.45. The molecule has 10 heteroatoms. The second-order valence-corrected chi connectivity index (χ2v) is 23.9. The molecule has 0 bridgehead atoms. The topological polar surface area (TPSA) is 114 Å². The zero-order chi connectivity index (χ0) is 56.4. The summed E-state index contributed by atoms with van der Waals surface area (Å²) in [6, 6.07) is -0.898. The number of allylic oxidation sites excluding steroid dienone is 13. The first-order valence-electron chi connectivity index (χ1n) is 31.9. The third-order valence-corrected chi connectivity index (χ3v) is 14.8. The molecule has 0 aromatic carbocycles. The van der Waals surface area contributed by atoms with Crippen LogP contribution in [0.2, 0.25) is 0 Å². The third-order valence-electron chi connectivity index (χ3n) is 13.8. The summed E-state index contributed by atoms with van der Waals surface area (Å²) < 4.78 is 30.3. The minimum absolute atomic E-state index is 0.0276. The standard InChI is InChI=1S/C67H121N2O7P/c1-7-10-13-16-19-22-25-28-29-30-31-32-33-34-35-36-37-38-39-42-44-47-50-53-56-59-66(70)68-64(63-75-77(72,73)74-62-61-69(4,5)6)65(58-55-52-49-46-43-40-26-23-20-17-14-11-8-2)76-67(71)60-57-54-51-48-45-41-27-24-21-18-15-12-9-3/h10,13,19,22,28-29,31-32,34-35,37-38,55,58,64-65H,7-9,11-12,14-18,20-21,23-27,30,33,36,39-54,56-57,59-63H2,1-6H3,(H-,68,70,72,73)/b13-10-,22-19-,29-28-,32-31-,35-34-,38-37-,58-55-. The van der Waals surface area contributed by atoms with Crippen LogP contribution in [-0.4, -0.2) is 69.4 Å². The van der Waals surface area contributed by atoms with Crippen molar-refractivity contribution >= 4 is 19.7 Å². The Morgan fingerprint density at radius 1 is 0.468 bits per heavy atom. The number of amides is 1. The van der Waals surface area contributed by atoms with Gasteiger partial charge >= 0.3 is 5.97 Å². The van der Waals surface area contributed by atoms with Gasteiger partial charge in [-0.05, 0) is 83.1 Å². The first-order valence-corrected chi connectivity index (χ1v) is 33.4. The zero-order valence-corrected chi connectivity index (χ0v) is 51.8. The van der Waals surface area contributed by atoms with Crippen LogP contribution in [0, 0.1) is 0 Å². The Morgan fingerprint density at radius 2 is 0.831 bits per heavy atom. The lowest BCUT2D eigenvalue weighted by Crippen LogP contribution is -2.47. The molecule has 9 nitrogen and oxygen atoms in total. The lowest BCUT2D eigenvalue weighted by atomic mass is 10.0. The van der Waals surface area contributed by atoms with Gasteiger partial charge in [-0.1, -0.05) is 267 Å². The third kappa shape index (κ3) is 57.7. The minimum atomic E-state index is -4.71. The zero-order valence-electron chi connectivity index (χ0n) is 50.9. The average molecular weight is 1100 g/mol. The molecule has 446 valence electrons. The SMILES string of the molecule is CC/C=C\C/C=C\C/C=C\C/C=C\C/C=C\C/C=C\CCCCCCCCC(=O)NC(COP(=O)([O-])OCC[N+](C)(C)C)C(/C=C\CCCCCCCCCCCCC)OC(=O)CCCCCCCCCCCCCCC. The van der Waals surface area contributed by atoms with Crippen molar-refractivity contribution in [1.82, 2.24) is 5.32 Å². The van der Waals surface area contributed by atoms with Crippen molar-refractivity contribution < 1.29 is 37.3 Å². The second-order valence-electron chi connectivity index (χ2n) is 22.5. The Bertz CT molecular complexity index is 1590. The van der Waals surface area contributed by atoms with Crippen molar-refractivity contribution in [3.63, 3.8) is 0 Å². The van der Waals surface area contributed by atoms with E-state index < -0.39 is 26.6 Å². The molecular weight excluding hydrogens is 976 g/mol. The van der Waals surface area contributed by atoms with Gasteiger partial charge in [-0.25, -0.2) is 0 Å². The molecule has 3 atom stereocenters. The maximum Gasteiger partial charge on any atom is 0.306 e. The number of quaternary nitrogens is 1. The van der Waals surface area contributed by atoms with E-state index in [1.807, 2.05) is 33.3 Å². The first-order chi connectivity index (χ1) is 37.4. The number of hydrogen-bond acceptors (Lipinski definition) is 7. The molecule has 0 fully saturated rings. The number of ether oxygens (including phenoxy) is 1. The molecule has 77 heavy (non-hydrogen) atoms. The summed E-state index contributed by atoms with van der Waals surface area (Å²) in [5.74, 6) is -0.554. The van der Waals surface area contributed by atoms with Crippen LogP contribution >= 0.6 is 7.82 Å². The number of unbranched alkanes of at least 4 members (excludes halogenated alkanes) is 29. The van der Waals surface area contributed by atoms with Gasteiger partial charge in [0.1, 0.15) is 19.3 Å². The fourth-order valence-corrected chi connectivity index (χ4v) is 9.66. The van der Waals surface area contributed by atoms with Gasteiger partial charge in [0.25, 0.3) is 7.82 Å². The molecule has 0 rings (SSSR count). The lowest BCUT2D eigenvalue weighted by molar-refractivity contribution is -0.870. The van der Waals surface area contributed by atoms with Gasteiger partial charge in [-0.15, -0.1) is 0 Å². The number of hydrogen-bond donors (Lipinski definition) is 1. The number of likely N-dealkylation sites (N-methyl/N-ethyl adjacent to an activating group) is 1. The Balaban J connectivity index is 5.21. The number of nitrogens with one attached hydrogen (secondary N) is 1. The highest BCUT2D eigenvalue weighted by Crippen LogP contribution is 2.38. The monoisotopic (exact) mass is 1100 g/mol. The van der Waals surface area contributed by atoms with Crippen molar-refractivity contribution in [2.75, 3.05) is 40.9 Å². The highest BCUT2D eigenvalue weighted by Gasteiger charge is 2.27. The molecule has 0 aromatic rings. The number of rotatable bonds is 57. The van der Waals surface area contributed by atoms with Crippen LogP contribution in [0.3, 0.4) is 0 Å². The molecular formula is C67H121N2O7P. The van der Waals surface area contributed by atoms with Crippen LogP contribution in [0.1, 0.15) is 278 Å². The molecule has 0 spiro atoms. The molecule has 0 radical (unpaired) electrons. The van der Waals surface area contributed by atoms with Crippen LogP contribution in [0.5, 0.6) is 0 Å². The summed E-state index contributed by atoms with van der Waals surface area (Å²) >= 11 is 0. The fourth-order valence-electron chi connectivity index (χ4n) is 8.94. The Morgan fingerprint density at radius 3 is 1.25 bits per heavy atom. The van der Waals surface area contributed by atoms with Gasteiger partial charge in [0.05, 0.1) is 33.8 Å². The van der Waals surface area contributed by atoms with Crippen molar-refractivity contribution in [2.45, 2.75) is 290 Å². The van der Waals surface area contributed by atoms with Crippen LogP contribution in [-0.2, 0) is 27.9 Å². The van der Waals surface area contributed by atoms with Crippen LogP contribution < -0.4 is 10.2 Å². The van der Waals surface area contributed by atoms with Gasteiger partial charge in [0.2, 0.25) is 5.91 Å². The Kier molecular flexibility index (Phi) is 54.4. The predicted molar refractivity (Wildman–Crippen MR) is 330 cm³/mol. The number of carbonyl (C=O) groups is 2. The van der Waals surface area contributed by atoms with Crippen LogP contribution in [0.15, 0.2) is 85.1 Å². The minimum Gasteiger partial charge on any atom is -0.756 e. The Labute approximate surface area is 476 Å². The van der Waals surface area contributed by atoms with E-state index in [-0.39, 0.29) is 24.9 Å². The molecule has 0 aliphatic heterocycles. The van der Waals surface area contributed by atoms with E-state index in [2.05, 4.69) is 99.0 Å². The summed E-state index contributed by atoms with van der Waals surface area (Å²) in [4.78, 5) is 40.0. The summed E-state index contributed by atoms with van der Waals surface area (Å²) in [5.41, 5.74) is 0. The van der Waals surface area contributed by atoms with Gasteiger partial charge in [0, 0.05) is 12.8 Å². The molecule has 0 heterocycles. The maximum absolute atomic E-state index is 13.5. The molecule has 0 aliphatic carbocycles. The van der Waals surface area contributed by atoms with Gasteiger partial charge in [0.15, 0.2) is 0 Å². The van der Waals surface area contributed by atoms with Crippen molar-refractivity contribution in [2.24, 2.45) is 0 Å². The molecule has 3 unspecified atom stereocenters. The van der Waals surface area contributed by atoms with E-state index in [9.17, 15) is 19.0 Å². The highest BCUT2D eigenvalue weighted by atomic mass is 31.2. The number of phosphoric acid groups is 1. The molecule has 0 saturated carbocycles. The summed E-state index contributed by atoms with van der Waals surface area (Å²) in [6.07, 6.45) is 74.0. The van der Waals surface area contributed by atoms with Gasteiger partial charge < -0.3 is 28.5 Å². The molecule has 1 amide bonds. The van der Waals surface area contributed by atoms with Crippen LogP contribution in [0.4, 0.5) is 0 Å². The second kappa shape index (κ2) is 56.5. The summed E-state index contributed by atoms with van der Waals surface area (Å²) in [6.45, 7) is 6.73. The lowest BCUT2D eigenvalue weighted by Gasteiger charge is -2.30. The maximum atomic E-state index is 13.5. The molecule has 0 saturated heterocycles. The molecule has 0 aromatic heterocycles. The molecule has 1 N–H and O–H groups in total. The first kappa shape index (κ1) is 74.2. The smallest absolute Gasteiger partial charge is 0.306 e. The van der Waals surface area contributed by atoms with Gasteiger partial charge in [-0.2, -0.15) is 0 Å². The average Bonchev–Trinajstić information content (AvgIpc) is 3.39. The van der Waals surface area contributed by atoms with E-state index in [0.29, 0.717) is 17.4 Å². The molecule has 0 aliphatic rings. The predicted octanol–water partition coefficient (Wildman–Crippen LogP) is 19.1. The normalized spacial score (nSPS) is 14.2. The number of carbonyl (C=O) groups excluding carboxylic acids is 2. The summed E-state index contributed by atoms with van der Waals surface area (Å²) in [7, 11) is 1.17. The van der Waals surface area contributed by atoms with Gasteiger partial charge in [-0.3, -0.25) is 14.2 Å². The number of nitrogens with zero attached hydrogens (tertiary/aromatic N) is 1. The quantitative estimate of drug-likeness (QED) is 0.0212. The van der Waals surface area contributed by atoms with Crippen molar-refractivity contribution in [1.29, 1.82) is 0 Å². The largest absolute Gasteiger partial charge is 0.756 e.